The molecule has 0 spiro atoms. The van der Waals surface area contributed by atoms with Crippen LogP contribution in [0.1, 0.15) is 12.8 Å². The predicted molar refractivity (Wildman–Crippen MR) is 31.0 cm³/mol. The van der Waals surface area contributed by atoms with Crippen LogP contribution in [0.25, 0.3) is 0 Å². The van der Waals surface area contributed by atoms with Crippen LogP contribution in [0.15, 0.2) is 11.3 Å². The summed E-state index contributed by atoms with van der Waals surface area (Å²) in [5.74, 6) is -0.0718. The topological polar surface area (TPSA) is 57.5 Å². The lowest BCUT2D eigenvalue weighted by molar-refractivity contribution is -0.115. The lowest BCUT2D eigenvalue weighted by Crippen LogP contribution is -2.00. The van der Waals surface area contributed by atoms with Gasteiger partial charge in [0, 0.05) is 12.8 Å². The molecular formula is C6H8O3. The first-order valence-corrected chi connectivity index (χ1v) is 2.80. The van der Waals surface area contributed by atoms with Crippen molar-refractivity contribution in [2.75, 3.05) is 6.61 Å². The quantitative estimate of drug-likeness (QED) is 0.528. The number of aliphatic hydroxyl groups excluding tert-OH is 2. The number of ketones is 1. The van der Waals surface area contributed by atoms with Crippen LogP contribution in [0, 0.1) is 0 Å². The molecule has 0 radical (unpaired) electrons. The fourth-order valence-corrected chi connectivity index (χ4v) is 0.874. The van der Waals surface area contributed by atoms with Crippen molar-refractivity contribution in [1.82, 2.24) is 0 Å². The molecule has 0 aromatic rings. The average Bonchev–Trinajstić information content (AvgIpc) is 2.12. The Hall–Kier alpha value is -0.830. The van der Waals surface area contributed by atoms with Crippen LogP contribution in [-0.4, -0.2) is 22.6 Å². The molecule has 0 fully saturated rings. The highest BCUT2D eigenvalue weighted by molar-refractivity contribution is 5.98. The van der Waals surface area contributed by atoms with Crippen LogP contribution in [-0.2, 0) is 4.79 Å². The zero-order chi connectivity index (χ0) is 6.85. The van der Waals surface area contributed by atoms with Crippen molar-refractivity contribution < 1.29 is 15.0 Å². The number of aliphatic hydroxyl groups is 2. The Morgan fingerprint density at radius 1 is 1.44 bits per heavy atom. The molecule has 0 heterocycles. The van der Waals surface area contributed by atoms with Gasteiger partial charge in [-0.1, -0.05) is 0 Å². The van der Waals surface area contributed by atoms with Gasteiger partial charge in [-0.3, -0.25) is 4.79 Å². The molecule has 50 valence electrons. The highest BCUT2D eigenvalue weighted by Gasteiger charge is 2.20. The summed E-state index contributed by atoms with van der Waals surface area (Å²) in [6, 6.07) is 0. The van der Waals surface area contributed by atoms with Crippen LogP contribution in [0.5, 0.6) is 0 Å². The smallest absolute Gasteiger partial charge is 0.164 e. The maximum Gasteiger partial charge on any atom is 0.164 e. The van der Waals surface area contributed by atoms with Crippen molar-refractivity contribution in [3.8, 4) is 0 Å². The van der Waals surface area contributed by atoms with Gasteiger partial charge in [-0.15, -0.1) is 0 Å². The maximum absolute atomic E-state index is 10.6. The van der Waals surface area contributed by atoms with Gasteiger partial charge < -0.3 is 10.2 Å². The zero-order valence-electron chi connectivity index (χ0n) is 4.92. The molecule has 0 aromatic carbocycles. The summed E-state index contributed by atoms with van der Waals surface area (Å²) >= 11 is 0. The van der Waals surface area contributed by atoms with E-state index in [1.807, 2.05) is 0 Å². The fraction of sp³-hybridized carbons (Fsp3) is 0.500. The van der Waals surface area contributed by atoms with Crippen molar-refractivity contribution in [2.24, 2.45) is 0 Å². The number of allylic oxidation sites excluding steroid dienone is 1. The van der Waals surface area contributed by atoms with Crippen molar-refractivity contribution in [3.63, 3.8) is 0 Å². The van der Waals surface area contributed by atoms with E-state index in [0.29, 0.717) is 12.8 Å². The second-order valence-corrected chi connectivity index (χ2v) is 2.01. The highest BCUT2D eigenvalue weighted by atomic mass is 16.3. The van der Waals surface area contributed by atoms with E-state index in [4.69, 9.17) is 10.2 Å². The van der Waals surface area contributed by atoms with Gasteiger partial charge in [0.25, 0.3) is 0 Å². The first kappa shape index (κ1) is 6.29. The molecule has 0 amide bonds. The lowest BCUT2D eigenvalue weighted by Gasteiger charge is -1.91. The van der Waals surface area contributed by atoms with Gasteiger partial charge in [-0.05, 0) is 0 Å². The SMILES string of the molecule is O=C1CCC(O)=C1CO. The van der Waals surface area contributed by atoms with Gasteiger partial charge in [0.15, 0.2) is 5.78 Å². The Morgan fingerprint density at radius 2 is 2.11 bits per heavy atom. The minimum Gasteiger partial charge on any atom is -0.512 e. The number of hydrogen-bond acceptors (Lipinski definition) is 3. The molecule has 0 aromatic heterocycles. The molecule has 3 heteroatoms. The molecular weight excluding hydrogens is 120 g/mol. The Morgan fingerprint density at radius 3 is 2.33 bits per heavy atom. The summed E-state index contributed by atoms with van der Waals surface area (Å²) in [4.78, 5) is 10.6. The standard InChI is InChI=1S/C6H8O3/c7-3-4-5(8)1-2-6(4)9/h7-8H,1-3H2. The van der Waals surface area contributed by atoms with Crippen molar-refractivity contribution in [2.45, 2.75) is 12.8 Å². The summed E-state index contributed by atoms with van der Waals surface area (Å²) in [7, 11) is 0. The second-order valence-electron chi connectivity index (χ2n) is 2.01. The number of rotatable bonds is 1. The number of Topliss-reactive ketones (excluding diaryl/α,β-unsaturated/α-hetero) is 1. The van der Waals surface area contributed by atoms with Crippen LogP contribution < -0.4 is 0 Å². The van der Waals surface area contributed by atoms with Gasteiger partial charge in [-0.25, -0.2) is 0 Å². The van der Waals surface area contributed by atoms with Gasteiger partial charge in [0.2, 0.25) is 0 Å². The first-order valence-electron chi connectivity index (χ1n) is 2.80. The van der Waals surface area contributed by atoms with Gasteiger partial charge in [0.1, 0.15) is 5.76 Å². The molecule has 0 bridgehead atoms. The lowest BCUT2D eigenvalue weighted by atomic mass is 10.2. The third-order valence-electron chi connectivity index (χ3n) is 1.43. The molecule has 0 saturated carbocycles. The van der Waals surface area contributed by atoms with E-state index in [0.717, 1.165) is 0 Å². The van der Waals surface area contributed by atoms with Crippen LogP contribution in [0.3, 0.4) is 0 Å². The average molecular weight is 128 g/mol. The van der Waals surface area contributed by atoms with E-state index in [1.165, 1.54) is 0 Å². The minimum atomic E-state index is -0.329. The summed E-state index contributed by atoms with van der Waals surface area (Å²) in [6.45, 7) is -0.329. The summed E-state index contributed by atoms with van der Waals surface area (Å²) in [5, 5.41) is 17.3. The molecule has 0 unspecified atom stereocenters. The summed E-state index contributed by atoms with van der Waals surface area (Å²) in [5.41, 5.74) is 0.190. The molecule has 1 aliphatic carbocycles. The Bertz CT molecular complexity index is 169. The third kappa shape index (κ3) is 0.954. The molecule has 9 heavy (non-hydrogen) atoms. The largest absolute Gasteiger partial charge is 0.512 e. The Labute approximate surface area is 52.6 Å². The van der Waals surface area contributed by atoms with E-state index in [1.54, 1.807) is 0 Å². The summed E-state index contributed by atoms with van der Waals surface area (Å²) < 4.78 is 0. The normalized spacial score (nSPS) is 19.4. The van der Waals surface area contributed by atoms with Gasteiger partial charge in [-0.2, -0.15) is 0 Å². The molecule has 0 saturated heterocycles. The highest BCUT2D eigenvalue weighted by Crippen LogP contribution is 2.19. The fourth-order valence-electron chi connectivity index (χ4n) is 0.874. The van der Waals surface area contributed by atoms with E-state index < -0.39 is 0 Å². The van der Waals surface area contributed by atoms with Crippen LogP contribution in [0.4, 0.5) is 0 Å². The molecule has 1 rings (SSSR count). The van der Waals surface area contributed by atoms with Crippen molar-refractivity contribution in [3.05, 3.63) is 11.3 Å². The van der Waals surface area contributed by atoms with Crippen LogP contribution in [0.2, 0.25) is 0 Å². The Balaban J connectivity index is 2.82. The monoisotopic (exact) mass is 128 g/mol. The van der Waals surface area contributed by atoms with Crippen molar-refractivity contribution >= 4 is 5.78 Å². The van der Waals surface area contributed by atoms with Crippen LogP contribution >= 0.6 is 0 Å². The minimum absolute atomic E-state index is 0.0579. The van der Waals surface area contributed by atoms with Gasteiger partial charge in [0.05, 0.1) is 12.2 Å². The third-order valence-corrected chi connectivity index (χ3v) is 1.43. The molecule has 1 aliphatic rings. The van der Waals surface area contributed by atoms with E-state index in [9.17, 15) is 4.79 Å². The van der Waals surface area contributed by atoms with E-state index in [2.05, 4.69) is 0 Å². The second kappa shape index (κ2) is 2.19. The van der Waals surface area contributed by atoms with Gasteiger partial charge >= 0.3 is 0 Å². The summed E-state index contributed by atoms with van der Waals surface area (Å²) in [6.07, 6.45) is 0.746. The molecule has 3 nitrogen and oxygen atoms in total. The first-order chi connectivity index (χ1) is 4.25. The van der Waals surface area contributed by atoms with Crippen molar-refractivity contribution in [1.29, 1.82) is 0 Å². The number of hydrogen-bond donors (Lipinski definition) is 2. The van der Waals surface area contributed by atoms with E-state index in [-0.39, 0.29) is 23.7 Å². The molecule has 0 aliphatic heterocycles. The molecule has 2 N–H and O–H groups in total. The van der Waals surface area contributed by atoms with E-state index >= 15 is 0 Å². The zero-order valence-corrected chi connectivity index (χ0v) is 4.92. The number of carbonyl (C=O) groups excluding carboxylic acids is 1. The maximum atomic E-state index is 10.6. The Kier molecular flexibility index (Phi) is 1.53. The molecule has 0 atom stereocenters. The predicted octanol–water partition coefficient (Wildman–Crippen LogP) is 0.154. The number of carbonyl (C=O) groups is 1.